The number of aromatic nitrogens is 2. The lowest BCUT2D eigenvalue weighted by Crippen LogP contribution is -2.41. The van der Waals surface area contributed by atoms with Crippen LogP contribution < -0.4 is 10.6 Å². The lowest BCUT2D eigenvalue weighted by molar-refractivity contribution is -0.122. The highest BCUT2D eigenvalue weighted by molar-refractivity contribution is 9.10. The molecule has 2 heterocycles. The summed E-state index contributed by atoms with van der Waals surface area (Å²) < 4.78 is 0.990. The number of ketones is 1. The Kier molecular flexibility index (Phi) is 9.34. The van der Waals surface area contributed by atoms with Crippen LogP contribution in [0.2, 0.25) is 0 Å². The zero-order chi connectivity index (χ0) is 24.5. The highest BCUT2D eigenvalue weighted by Gasteiger charge is 2.23. The Hall–Kier alpha value is -2.68. The highest BCUT2D eigenvalue weighted by atomic mass is 79.9. The summed E-state index contributed by atoms with van der Waals surface area (Å²) in [5.41, 5.74) is 2.17. The van der Waals surface area contributed by atoms with Crippen molar-refractivity contribution in [2.45, 2.75) is 44.6 Å². The molecule has 2 atom stereocenters. The quantitative estimate of drug-likeness (QED) is 0.310. The van der Waals surface area contributed by atoms with E-state index in [1.54, 1.807) is 0 Å². The molecule has 0 radical (unpaired) electrons. The summed E-state index contributed by atoms with van der Waals surface area (Å²) in [4.78, 5) is 25.5. The van der Waals surface area contributed by atoms with Crippen LogP contribution in [0.4, 0.5) is 5.13 Å². The number of nitrogens with zero attached hydrogens (tertiary/aromatic N) is 2. The molecule has 2 N–H and O–H groups in total. The molecule has 6 nitrogen and oxygen atoms in total. The van der Waals surface area contributed by atoms with Crippen molar-refractivity contribution in [1.29, 1.82) is 0 Å². The van der Waals surface area contributed by atoms with E-state index >= 15 is 0 Å². The average Bonchev–Trinajstić information content (AvgIpc) is 3.35. The van der Waals surface area contributed by atoms with E-state index in [9.17, 15) is 9.59 Å². The minimum absolute atomic E-state index is 0.00932. The summed E-state index contributed by atoms with van der Waals surface area (Å²) in [5.74, 6) is -0.0440. The van der Waals surface area contributed by atoms with Crippen LogP contribution in [-0.2, 0) is 16.0 Å². The van der Waals surface area contributed by atoms with Gasteiger partial charge in [0, 0.05) is 16.5 Å². The van der Waals surface area contributed by atoms with E-state index < -0.39 is 0 Å². The number of aryl methyl sites for hydroxylation is 1. The molecule has 0 bridgehead atoms. The Bertz CT molecular complexity index is 1140. The molecule has 1 aliphatic rings. The van der Waals surface area contributed by atoms with Crippen LogP contribution in [0, 0.1) is 5.92 Å². The first-order valence-electron chi connectivity index (χ1n) is 12.0. The fraction of sp³-hybridized carbons (Fsp3) is 0.333. The molecular formula is C27H29BrN4O2S. The van der Waals surface area contributed by atoms with Gasteiger partial charge < -0.3 is 5.32 Å². The van der Waals surface area contributed by atoms with Gasteiger partial charge in [-0.25, -0.2) is 0 Å². The summed E-state index contributed by atoms with van der Waals surface area (Å²) in [5, 5.41) is 15.6. The summed E-state index contributed by atoms with van der Waals surface area (Å²) in [6.45, 7) is 0.896. The first-order valence-corrected chi connectivity index (χ1v) is 13.6. The van der Waals surface area contributed by atoms with Gasteiger partial charge in [-0.05, 0) is 61.9 Å². The second-order valence-electron chi connectivity index (χ2n) is 8.72. The number of nitrogens with one attached hydrogen (secondary N) is 2. The number of rotatable bonds is 10. The van der Waals surface area contributed by atoms with E-state index in [1.807, 2.05) is 48.5 Å². The van der Waals surface area contributed by atoms with Crippen molar-refractivity contribution >= 4 is 44.1 Å². The molecule has 3 aromatic rings. The highest BCUT2D eigenvalue weighted by Crippen LogP contribution is 2.27. The monoisotopic (exact) mass is 552 g/mol. The van der Waals surface area contributed by atoms with Crippen molar-refractivity contribution in [3.05, 3.63) is 76.8 Å². The van der Waals surface area contributed by atoms with E-state index in [0.717, 1.165) is 53.7 Å². The summed E-state index contributed by atoms with van der Waals surface area (Å²) in [7, 11) is 0. The van der Waals surface area contributed by atoms with Gasteiger partial charge in [-0.3, -0.25) is 14.9 Å². The molecule has 0 spiro atoms. The van der Waals surface area contributed by atoms with E-state index in [1.165, 1.54) is 23.0 Å². The molecule has 0 unspecified atom stereocenters. The Morgan fingerprint density at radius 1 is 1.11 bits per heavy atom. The minimum Gasteiger partial charge on any atom is -0.307 e. The van der Waals surface area contributed by atoms with Crippen LogP contribution in [0.25, 0.3) is 10.6 Å². The van der Waals surface area contributed by atoms with Gasteiger partial charge in [-0.15, -0.1) is 10.2 Å². The number of Topliss-reactive ketones (excluding diaryl/α,β-unsaturated/α-hetero) is 1. The van der Waals surface area contributed by atoms with Gasteiger partial charge in [0.1, 0.15) is 10.8 Å². The summed E-state index contributed by atoms with van der Waals surface area (Å²) in [6, 6.07) is 18.0. The molecule has 2 aromatic carbocycles. The summed E-state index contributed by atoms with van der Waals surface area (Å²) in [6.07, 6.45) is 8.59. The van der Waals surface area contributed by atoms with Crippen LogP contribution in [0.5, 0.6) is 0 Å². The van der Waals surface area contributed by atoms with Crippen molar-refractivity contribution in [3.63, 3.8) is 0 Å². The molecular weight excluding hydrogens is 524 g/mol. The smallest absolute Gasteiger partial charge is 0.249 e. The number of halogens is 1. The second-order valence-corrected chi connectivity index (χ2v) is 10.6. The third-order valence-electron chi connectivity index (χ3n) is 6.08. The van der Waals surface area contributed by atoms with Crippen molar-refractivity contribution in [2.24, 2.45) is 5.92 Å². The molecule has 35 heavy (non-hydrogen) atoms. The number of benzene rings is 2. The fourth-order valence-corrected chi connectivity index (χ4v) is 5.16. The lowest BCUT2D eigenvalue weighted by Gasteiger charge is -2.23. The van der Waals surface area contributed by atoms with E-state index in [4.69, 9.17) is 0 Å². The second kappa shape index (κ2) is 12.9. The fourth-order valence-electron chi connectivity index (χ4n) is 4.14. The number of hydrogen-bond donors (Lipinski definition) is 2. The number of carbonyl (C=O) groups excluding carboxylic acids is 2. The van der Waals surface area contributed by atoms with Gasteiger partial charge in [0.2, 0.25) is 11.0 Å². The van der Waals surface area contributed by atoms with Gasteiger partial charge in [0.15, 0.2) is 0 Å². The molecule has 1 aromatic heterocycles. The number of allylic oxidation sites excluding steroid dienone is 1. The number of piperidine rings is 1. The number of anilines is 1. The van der Waals surface area contributed by atoms with Gasteiger partial charge in [0.05, 0.1) is 6.04 Å². The summed E-state index contributed by atoms with van der Waals surface area (Å²) >= 11 is 4.75. The van der Waals surface area contributed by atoms with Crippen LogP contribution >= 0.6 is 27.3 Å². The van der Waals surface area contributed by atoms with Gasteiger partial charge in [-0.2, -0.15) is 0 Å². The van der Waals surface area contributed by atoms with Crippen LogP contribution in [0.15, 0.2) is 71.2 Å². The maximum Gasteiger partial charge on any atom is 0.249 e. The average molecular weight is 554 g/mol. The third-order valence-corrected chi connectivity index (χ3v) is 7.49. The SMILES string of the molecule is O=C(/C=C/[C@H](CCc1ccccc1)CC(=O)[C@@H]1CCCCN1)Nc1nnc(-c2ccc(Br)cc2)s1. The molecule has 1 saturated heterocycles. The maximum absolute atomic E-state index is 12.9. The van der Waals surface area contributed by atoms with Crippen LogP contribution in [0.1, 0.15) is 37.7 Å². The maximum atomic E-state index is 12.9. The Morgan fingerprint density at radius 2 is 1.91 bits per heavy atom. The topological polar surface area (TPSA) is 84.0 Å². The van der Waals surface area contributed by atoms with E-state index in [0.29, 0.717) is 11.6 Å². The standard InChI is InChI=1S/C27H29BrN4O2S/c28-22-14-12-21(13-15-22)26-31-32-27(35-26)30-25(34)16-11-20(10-9-19-6-2-1-3-7-19)18-24(33)23-8-4-5-17-29-23/h1-3,6-7,11-16,20,23,29H,4-5,8-10,17-18H2,(H,30,32,34)/b16-11+/t20-,23-/m0/s1. The van der Waals surface area contributed by atoms with Crippen molar-refractivity contribution in [2.75, 3.05) is 11.9 Å². The normalized spacial score (nSPS) is 16.8. The molecule has 1 aliphatic heterocycles. The van der Waals surface area contributed by atoms with Gasteiger partial charge in [-0.1, -0.05) is 82.2 Å². The zero-order valence-electron chi connectivity index (χ0n) is 19.5. The Morgan fingerprint density at radius 3 is 2.66 bits per heavy atom. The molecule has 8 heteroatoms. The first-order chi connectivity index (χ1) is 17.1. The zero-order valence-corrected chi connectivity index (χ0v) is 21.9. The molecule has 0 aliphatic carbocycles. The van der Waals surface area contributed by atoms with Crippen LogP contribution in [0.3, 0.4) is 0 Å². The molecule has 182 valence electrons. The predicted octanol–water partition coefficient (Wildman–Crippen LogP) is 5.81. The first kappa shape index (κ1) is 25.4. The van der Waals surface area contributed by atoms with Gasteiger partial charge >= 0.3 is 0 Å². The predicted molar refractivity (Wildman–Crippen MR) is 144 cm³/mol. The molecule has 0 saturated carbocycles. The van der Waals surface area contributed by atoms with Crippen molar-refractivity contribution in [3.8, 4) is 10.6 Å². The Labute approximate surface area is 218 Å². The van der Waals surface area contributed by atoms with Gasteiger partial charge in [0.25, 0.3) is 0 Å². The van der Waals surface area contributed by atoms with Crippen molar-refractivity contribution < 1.29 is 9.59 Å². The van der Waals surface area contributed by atoms with E-state index in [-0.39, 0.29) is 23.7 Å². The van der Waals surface area contributed by atoms with Crippen molar-refractivity contribution in [1.82, 2.24) is 15.5 Å². The molecule has 4 rings (SSSR count). The van der Waals surface area contributed by atoms with Crippen LogP contribution in [-0.4, -0.2) is 34.5 Å². The van der Waals surface area contributed by atoms with E-state index in [2.05, 4.69) is 48.9 Å². The largest absolute Gasteiger partial charge is 0.307 e. The minimum atomic E-state index is -0.267. The Balaban J connectivity index is 1.37. The number of amides is 1. The lowest BCUT2D eigenvalue weighted by atomic mass is 9.90. The molecule has 1 amide bonds. The molecule has 1 fully saturated rings. The third kappa shape index (κ3) is 7.92. The number of carbonyl (C=O) groups is 2. The number of hydrogen-bond acceptors (Lipinski definition) is 6.